The SMILES string of the molecule is COc1cc(/C=N\NC(=O)CNc2ccc(I)cc2)cc(Br)c1OCc1ccc(Br)cc1. The lowest BCUT2D eigenvalue weighted by molar-refractivity contribution is -0.119. The summed E-state index contributed by atoms with van der Waals surface area (Å²) in [6, 6.07) is 19.3. The molecule has 32 heavy (non-hydrogen) atoms. The summed E-state index contributed by atoms with van der Waals surface area (Å²) in [5, 5.41) is 7.08. The molecule has 3 rings (SSSR count). The standard InChI is InChI=1S/C23H20Br2IN3O3/c1-31-21-11-16(10-20(25)23(21)32-14-15-2-4-17(24)5-3-15)12-28-29-22(30)13-27-19-8-6-18(26)7-9-19/h2-12,27H,13-14H2,1H3,(H,29,30)/b28-12-. The van der Waals surface area contributed by atoms with Crippen LogP contribution in [-0.4, -0.2) is 25.8 Å². The van der Waals surface area contributed by atoms with Crippen molar-refractivity contribution < 1.29 is 14.3 Å². The number of carbonyl (C=O) groups excluding carboxylic acids is 1. The maximum absolute atomic E-state index is 12.0. The molecule has 9 heteroatoms. The molecule has 0 spiro atoms. The summed E-state index contributed by atoms with van der Waals surface area (Å²) in [4.78, 5) is 12.0. The first-order valence-corrected chi connectivity index (χ1v) is 12.2. The van der Waals surface area contributed by atoms with E-state index < -0.39 is 0 Å². The van der Waals surface area contributed by atoms with Gasteiger partial charge >= 0.3 is 0 Å². The first-order chi connectivity index (χ1) is 15.4. The molecule has 3 aromatic carbocycles. The third-order valence-corrected chi connectivity index (χ3v) is 6.09. The van der Waals surface area contributed by atoms with Crippen molar-refractivity contribution in [2.75, 3.05) is 19.0 Å². The predicted octanol–water partition coefficient (Wildman–Crippen LogP) is 5.97. The van der Waals surface area contributed by atoms with Crippen LogP contribution < -0.4 is 20.2 Å². The van der Waals surface area contributed by atoms with E-state index >= 15 is 0 Å². The Labute approximate surface area is 217 Å². The van der Waals surface area contributed by atoms with E-state index in [1.165, 1.54) is 0 Å². The number of ether oxygens (including phenoxy) is 2. The van der Waals surface area contributed by atoms with E-state index in [0.29, 0.717) is 18.1 Å². The van der Waals surface area contributed by atoms with Crippen LogP contribution in [0.2, 0.25) is 0 Å². The van der Waals surface area contributed by atoms with Crippen molar-refractivity contribution >= 4 is 72.3 Å². The number of amides is 1. The minimum Gasteiger partial charge on any atom is -0.493 e. The normalized spacial score (nSPS) is 10.8. The highest BCUT2D eigenvalue weighted by molar-refractivity contribution is 14.1. The molecule has 0 saturated heterocycles. The number of hydrazone groups is 1. The third-order valence-electron chi connectivity index (χ3n) is 4.25. The largest absolute Gasteiger partial charge is 0.493 e. The molecule has 3 aromatic rings. The maximum Gasteiger partial charge on any atom is 0.259 e. The van der Waals surface area contributed by atoms with E-state index in [1.54, 1.807) is 19.4 Å². The quantitative estimate of drug-likeness (QED) is 0.167. The number of rotatable bonds is 9. The summed E-state index contributed by atoms with van der Waals surface area (Å²) in [5.41, 5.74) is 5.17. The summed E-state index contributed by atoms with van der Waals surface area (Å²) in [7, 11) is 1.58. The van der Waals surface area contributed by atoms with Crippen LogP contribution in [0.4, 0.5) is 5.69 Å². The summed E-state index contributed by atoms with van der Waals surface area (Å²) in [5.74, 6) is 0.906. The highest BCUT2D eigenvalue weighted by Gasteiger charge is 2.12. The van der Waals surface area contributed by atoms with E-state index in [2.05, 4.69) is 70.3 Å². The zero-order valence-corrected chi connectivity index (χ0v) is 22.4. The monoisotopic (exact) mass is 671 g/mol. The Morgan fingerprint density at radius 3 is 2.50 bits per heavy atom. The topological polar surface area (TPSA) is 72.0 Å². The summed E-state index contributed by atoms with van der Waals surface area (Å²) >= 11 is 9.18. The van der Waals surface area contributed by atoms with Crippen LogP contribution in [0.25, 0.3) is 0 Å². The van der Waals surface area contributed by atoms with Gasteiger partial charge in [-0.05, 0) is 98.2 Å². The van der Waals surface area contributed by atoms with Crippen molar-refractivity contribution in [3.63, 3.8) is 0 Å². The van der Waals surface area contributed by atoms with Crippen LogP contribution in [0.5, 0.6) is 11.5 Å². The Morgan fingerprint density at radius 2 is 1.81 bits per heavy atom. The lowest BCUT2D eigenvalue weighted by atomic mass is 10.2. The maximum atomic E-state index is 12.0. The zero-order valence-electron chi connectivity index (χ0n) is 17.1. The Hall–Kier alpha value is -2.11. The first-order valence-electron chi connectivity index (χ1n) is 9.50. The molecule has 0 saturated carbocycles. The number of carbonyl (C=O) groups is 1. The van der Waals surface area contributed by atoms with Gasteiger partial charge in [-0.3, -0.25) is 4.79 Å². The Balaban J connectivity index is 1.57. The van der Waals surface area contributed by atoms with Gasteiger partial charge in [-0.15, -0.1) is 0 Å². The number of anilines is 1. The average Bonchev–Trinajstić information content (AvgIpc) is 2.79. The molecule has 1 amide bonds. The van der Waals surface area contributed by atoms with Gasteiger partial charge in [0.05, 0.1) is 24.3 Å². The molecule has 0 unspecified atom stereocenters. The Bertz CT molecular complexity index is 1090. The number of hydrogen-bond acceptors (Lipinski definition) is 5. The van der Waals surface area contributed by atoms with Gasteiger partial charge in [-0.2, -0.15) is 5.10 Å². The van der Waals surface area contributed by atoms with Gasteiger partial charge in [0.1, 0.15) is 6.61 Å². The van der Waals surface area contributed by atoms with Gasteiger partial charge in [0.2, 0.25) is 0 Å². The fraction of sp³-hybridized carbons (Fsp3) is 0.130. The van der Waals surface area contributed by atoms with Crippen molar-refractivity contribution in [2.45, 2.75) is 6.61 Å². The number of hydrogen-bond donors (Lipinski definition) is 2. The second-order valence-corrected chi connectivity index (χ2v) is 9.62. The van der Waals surface area contributed by atoms with Gasteiger partial charge < -0.3 is 14.8 Å². The summed E-state index contributed by atoms with van der Waals surface area (Å²) < 4.78 is 14.3. The van der Waals surface area contributed by atoms with E-state index in [-0.39, 0.29) is 12.5 Å². The van der Waals surface area contributed by atoms with E-state index in [0.717, 1.165) is 29.3 Å². The smallest absolute Gasteiger partial charge is 0.259 e. The highest BCUT2D eigenvalue weighted by atomic mass is 127. The fourth-order valence-electron chi connectivity index (χ4n) is 2.66. The fourth-order valence-corrected chi connectivity index (χ4v) is 3.86. The molecule has 0 aliphatic heterocycles. The lowest BCUT2D eigenvalue weighted by Gasteiger charge is -2.13. The minimum absolute atomic E-state index is 0.119. The van der Waals surface area contributed by atoms with Gasteiger partial charge in [0, 0.05) is 13.7 Å². The second kappa shape index (κ2) is 12.2. The van der Waals surface area contributed by atoms with Crippen LogP contribution in [0, 0.1) is 3.57 Å². The van der Waals surface area contributed by atoms with Crippen molar-refractivity contribution in [1.29, 1.82) is 0 Å². The first kappa shape index (κ1) is 24.5. The number of methoxy groups -OCH3 is 1. The molecule has 0 aliphatic carbocycles. The highest BCUT2D eigenvalue weighted by Crippen LogP contribution is 2.36. The van der Waals surface area contributed by atoms with Crippen molar-refractivity contribution in [3.05, 3.63) is 84.3 Å². The second-order valence-electron chi connectivity index (χ2n) is 6.60. The van der Waals surface area contributed by atoms with E-state index in [4.69, 9.17) is 9.47 Å². The molecule has 0 atom stereocenters. The van der Waals surface area contributed by atoms with Crippen molar-refractivity contribution in [1.82, 2.24) is 5.43 Å². The van der Waals surface area contributed by atoms with Gasteiger partial charge in [0.25, 0.3) is 5.91 Å². The lowest BCUT2D eigenvalue weighted by Crippen LogP contribution is -2.25. The minimum atomic E-state index is -0.250. The number of benzene rings is 3. The molecule has 166 valence electrons. The predicted molar refractivity (Wildman–Crippen MR) is 143 cm³/mol. The van der Waals surface area contributed by atoms with Crippen molar-refractivity contribution in [3.8, 4) is 11.5 Å². The zero-order chi connectivity index (χ0) is 22.9. The van der Waals surface area contributed by atoms with Gasteiger partial charge in [-0.1, -0.05) is 28.1 Å². The van der Waals surface area contributed by atoms with Crippen LogP contribution >= 0.6 is 54.5 Å². The number of halogens is 3. The number of nitrogens with one attached hydrogen (secondary N) is 2. The molecule has 6 nitrogen and oxygen atoms in total. The van der Waals surface area contributed by atoms with Gasteiger partial charge in [-0.25, -0.2) is 5.43 Å². The molecule has 0 fully saturated rings. The number of nitrogens with zero attached hydrogens (tertiary/aromatic N) is 1. The summed E-state index contributed by atoms with van der Waals surface area (Å²) in [6.07, 6.45) is 1.55. The molecular formula is C23H20Br2IN3O3. The molecule has 0 heterocycles. The molecule has 0 aliphatic rings. The van der Waals surface area contributed by atoms with Crippen LogP contribution in [0.1, 0.15) is 11.1 Å². The van der Waals surface area contributed by atoms with Gasteiger partial charge in [0.15, 0.2) is 11.5 Å². The Kier molecular flexibility index (Phi) is 9.36. The van der Waals surface area contributed by atoms with E-state index in [9.17, 15) is 4.79 Å². The summed E-state index contributed by atoms with van der Waals surface area (Å²) in [6.45, 7) is 0.521. The molecular weight excluding hydrogens is 653 g/mol. The van der Waals surface area contributed by atoms with Crippen LogP contribution in [0.15, 0.2) is 74.7 Å². The van der Waals surface area contributed by atoms with Crippen LogP contribution in [-0.2, 0) is 11.4 Å². The van der Waals surface area contributed by atoms with Crippen molar-refractivity contribution in [2.24, 2.45) is 5.10 Å². The van der Waals surface area contributed by atoms with Crippen LogP contribution in [0.3, 0.4) is 0 Å². The molecule has 2 N–H and O–H groups in total. The molecule has 0 bridgehead atoms. The molecule has 0 radical (unpaired) electrons. The third kappa shape index (κ3) is 7.49. The molecule has 0 aromatic heterocycles. The van der Waals surface area contributed by atoms with E-state index in [1.807, 2.05) is 54.6 Å². The Morgan fingerprint density at radius 1 is 1.09 bits per heavy atom. The average molecular weight is 673 g/mol.